The van der Waals surface area contributed by atoms with E-state index >= 15 is 0 Å². The second-order valence-electron chi connectivity index (χ2n) is 11.7. The Morgan fingerprint density at radius 2 is 1.83 bits per heavy atom. The monoisotopic (exact) mass is 572 g/mol. The highest BCUT2D eigenvalue weighted by Crippen LogP contribution is 2.37. The van der Waals surface area contributed by atoms with Gasteiger partial charge in [0.2, 0.25) is 5.95 Å². The predicted octanol–water partition coefficient (Wildman–Crippen LogP) is 5.36. The van der Waals surface area contributed by atoms with Crippen LogP contribution >= 0.6 is 0 Å². The summed E-state index contributed by atoms with van der Waals surface area (Å²) in [6, 6.07) is 5.64. The molecule has 3 atom stereocenters. The number of nitrogens with one attached hydrogen (secondary N) is 3. The van der Waals surface area contributed by atoms with Crippen molar-refractivity contribution in [2.45, 2.75) is 83.8 Å². The van der Waals surface area contributed by atoms with Crippen LogP contribution in [-0.2, 0) is 17.6 Å². The highest BCUT2D eigenvalue weighted by atomic mass is 19.4. The van der Waals surface area contributed by atoms with Crippen molar-refractivity contribution in [1.82, 2.24) is 30.3 Å². The van der Waals surface area contributed by atoms with Gasteiger partial charge in [-0.1, -0.05) is 32.4 Å². The summed E-state index contributed by atoms with van der Waals surface area (Å²) >= 11 is 0. The average molecular weight is 573 g/mol. The second-order valence-corrected chi connectivity index (χ2v) is 11.7. The molecule has 1 amide bonds. The predicted molar refractivity (Wildman–Crippen MR) is 147 cm³/mol. The summed E-state index contributed by atoms with van der Waals surface area (Å²) in [5.74, 6) is 2.47. The van der Waals surface area contributed by atoms with Gasteiger partial charge in [0.1, 0.15) is 5.52 Å². The van der Waals surface area contributed by atoms with E-state index in [4.69, 9.17) is 19.8 Å². The lowest BCUT2D eigenvalue weighted by molar-refractivity contribution is -0.137. The molecule has 2 aromatic heterocycles. The van der Waals surface area contributed by atoms with E-state index in [1.807, 2.05) is 4.57 Å². The van der Waals surface area contributed by atoms with Crippen LogP contribution in [0.25, 0.3) is 11.2 Å². The number of hydrogen-bond donors (Lipinski definition) is 3. The lowest BCUT2D eigenvalue weighted by Gasteiger charge is -2.32. The molecule has 0 spiro atoms. The van der Waals surface area contributed by atoms with Gasteiger partial charge in [0.05, 0.1) is 12.1 Å². The average Bonchev–Trinajstić information content (AvgIpc) is 3.61. The number of hydroxylamine groups is 1. The number of carbonyl (C=O) groups is 1. The van der Waals surface area contributed by atoms with Crippen LogP contribution in [0.2, 0.25) is 0 Å². The van der Waals surface area contributed by atoms with Crippen LogP contribution in [-0.4, -0.2) is 44.2 Å². The zero-order chi connectivity index (χ0) is 28.9. The largest absolute Gasteiger partial charge is 0.427 e. The summed E-state index contributed by atoms with van der Waals surface area (Å²) in [6.45, 7) is 7.61. The molecule has 1 aliphatic carbocycles. The van der Waals surface area contributed by atoms with Crippen molar-refractivity contribution in [3.63, 3.8) is 0 Å². The second kappa shape index (κ2) is 10.7. The lowest BCUT2D eigenvalue weighted by atomic mass is 9.80. The Kier molecular flexibility index (Phi) is 7.16. The number of amides is 1. The van der Waals surface area contributed by atoms with E-state index < -0.39 is 24.0 Å². The van der Waals surface area contributed by atoms with Crippen LogP contribution in [0.4, 0.5) is 29.7 Å². The van der Waals surface area contributed by atoms with Crippen LogP contribution in [0.15, 0.2) is 24.3 Å². The molecule has 2 aliphatic heterocycles. The van der Waals surface area contributed by atoms with Gasteiger partial charge in [-0.05, 0) is 62.1 Å². The number of nitrogens with zero attached hydrogens (tertiary/aromatic N) is 5. The number of imidazole rings is 1. The molecule has 41 heavy (non-hydrogen) atoms. The van der Waals surface area contributed by atoms with Crippen molar-refractivity contribution in [2.24, 2.45) is 11.8 Å². The third kappa shape index (κ3) is 5.39. The molecule has 3 N–H and O–H groups in total. The highest BCUT2D eigenvalue weighted by molar-refractivity contribution is 5.86. The number of carbonyl (C=O) groups excluding carboxylic acids is 1. The minimum Gasteiger partial charge on any atom is -0.365 e. The maximum absolute atomic E-state index is 13.3. The Hall–Kier alpha value is -3.61. The highest BCUT2D eigenvalue weighted by Gasteiger charge is 2.35. The minimum absolute atomic E-state index is 0.130. The quantitative estimate of drug-likeness (QED) is 0.331. The van der Waals surface area contributed by atoms with E-state index in [9.17, 15) is 18.0 Å². The number of anilines is 2. The van der Waals surface area contributed by atoms with Gasteiger partial charge in [-0.15, -0.1) is 5.48 Å². The molecule has 0 radical (unpaired) electrons. The number of fused-ring (bicyclic) bond motifs is 1. The Balaban J connectivity index is 1.49. The Morgan fingerprint density at radius 3 is 2.44 bits per heavy atom. The zero-order valence-electron chi connectivity index (χ0n) is 23.3. The summed E-state index contributed by atoms with van der Waals surface area (Å²) in [5, 5.41) is 6.25. The fourth-order valence-electron chi connectivity index (χ4n) is 6.04. The molecule has 10 nitrogen and oxygen atoms in total. The van der Waals surface area contributed by atoms with Gasteiger partial charge in [0.25, 0.3) is 0 Å². The fraction of sp³-hybridized carbons (Fsp3) is 0.571. The lowest BCUT2D eigenvalue weighted by Crippen LogP contribution is -2.35. The van der Waals surface area contributed by atoms with E-state index in [1.54, 1.807) is 0 Å². The number of alkyl halides is 3. The first-order chi connectivity index (χ1) is 19.6. The standard InChI is InChI=1S/C28H35F3N8O2/c1-15(2)20-8-5-13-38(20)26-35-23-21(39(26)14-17-9-11-19(12-10-17)28(29,30)31)22(32-16(3)18-6-4-7-18)33-24(34-23)25-36-27(40)41-37-25/h9-12,15-16,18,20,25,37H,4-8,13-14H2,1-3H3,(H,36,40)(H,32,33,34)/t16-,20?,25?/m1/s1. The molecule has 0 bridgehead atoms. The van der Waals surface area contributed by atoms with Crippen LogP contribution in [0.1, 0.15) is 76.0 Å². The molecular weight excluding hydrogens is 537 g/mol. The molecule has 6 rings (SSSR count). The Morgan fingerprint density at radius 1 is 1.07 bits per heavy atom. The molecule has 2 saturated heterocycles. The van der Waals surface area contributed by atoms with Gasteiger partial charge in [-0.25, -0.2) is 14.8 Å². The molecule has 13 heteroatoms. The number of benzene rings is 1. The van der Waals surface area contributed by atoms with E-state index in [0.29, 0.717) is 52.7 Å². The third-order valence-corrected chi connectivity index (χ3v) is 8.56. The maximum atomic E-state index is 13.3. The SMILES string of the molecule is CC(C)C1CCCN1c1nc2nc(C3NOC(=O)N3)nc(N[C@H](C)C3CCC3)c2n1Cc1ccc(C(F)(F)F)cc1. The van der Waals surface area contributed by atoms with Crippen LogP contribution in [0.5, 0.6) is 0 Å². The van der Waals surface area contributed by atoms with Crippen molar-refractivity contribution in [2.75, 3.05) is 16.8 Å². The van der Waals surface area contributed by atoms with Gasteiger partial charge in [0.15, 0.2) is 23.5 Å². The first-order valence-electron chi connectivity index (χ1n) is 14.3. The van der Waals surface area contributed by atoms with Crippen LogP contribution in [0, 0.1) is 11.8 Å². The fourth-order valence-corrected chi connectivity index (χ4v) is 6.04. The molecular formula is C28H35F3N8O2. The molecule has 3 aliphatic rings. The molecule has 3 aromatic rings. The Bertz CT molecular complexity index is 1420. The van der Waals surface area contributed by atoms with Gasteiger partial charge in [-0.3, -0.25) is 5.32 Å². The topological polar surface area (TPSA) is 109 Å². The normalized spacial score (nSPS) is 22.2. The summed E-state index contributed by atoms with van der Waals surface area (Å²) < 4.78 is 41.8. The van der Waals surface area contributed by atoms with Crippen LogP contribution < -0.4 is 21.0 Å². The third-order valence-electron chi connectivity index (χ3n) is 8.56. The molecule has 220 valence electrons. The van der Waals surface area contributed by atoms with E-state index in [-0.39, 0.29) is 12.1 Å². The number of hydrogen-bond acceptors (Lipinski definition) is 8. The maximum Gasteiger partial charge on any atom is 0.427 e. The minimum atomic E-state index is -4.40. The first-order valence-corrected chi connectivity index (χ1v) is 14.3. The Labute approximate surface area is 236 Å². The number of aromatic nitrogens is 4. The summed E-state index contributed by atoms with van der Waals surface area (Å²) in [4.78, 5) is 33.5. The van der Waals surface area contributed by atoms with E-state index in [0.717, 1.165) is 44.4 Å². The number of rotatable bonds is 8. The van der Waals surface area contributed by atoms with Crippen molar-refractivity contribution < 1.29 is 22.8 Å². The van der Waals surface area contributed by atoms with Crippen molar-refractivity contribution in [3.05, 3.63) is 41.2 Å². The molecule has 3 fully saturated rings. The van der Waals surface area contributed by atoms with Gasteiger partial charge in [0, 0.05) is 18.6 Å². The summed E-state index contributed by atoms with van der Waals surface area (Å²) in [5.41, 5.74) is 3.76. The summed E-state index contributed by atoms with van der Waals surface area (Å²) in [7, 11) is 0. The van der Waals surface area contributed by atoms with Crippen molar-refractivity contribution >= 4 is 29.0 Å². The molecule has 2 unspecified atom stereocenters. The smallest absolute Gasteiger partial charge is 0.365 e. The first kappa shape index (κ1) is 27.6. The van der Waals surface area contributed by atoms with E-state index in [2.05, 4.69) is 41.8 Å². The van der Waals surface area contributed by atoms with Gasteiger partial charge < -0.3 is 19.6 Å². The van der Waals surface area contributed by atoms with Crippen LogP contribution in [0.3, 0.4) is 0 Å². The molecule has 1 saturated carbocycles. The molecule has 1 aromatic carbocycles. The van der Waals surface area contributed by atoms with E-state index in [1.165, 1.54) is 18.6 Å². The molecule has 4 heterocycles. The van der Waals surface area contributed by atoms with Gasteiger partial charge >= 0.3 is 12.3 Å². The van der Waals surface area contributed by atoms with Crippen molar-refractivity contribution in [3.8, 4) is 0 Å². The van der Waals surface area contributed by atoms with Crippen molar-refractivity contribution in [1.29, 1.82) is 0 Å². The zero-order valence-corrected chi connectivity index (χ0v) is 23.3. The van der Waals surface area contributed by atoms with Gasteiger partial charge in [-0.2, -0.15) is 18.2 Å². The number of halogens is 3. The summed E-state index contributed by atoms with van der Waals surface area (Å²) in [6.07, 6.45) is -0.284.